The second-order valence-electron chi connectivity index (χ2n) is 4.52. The lowest BCUT2D eigenvalue weighted by Gasteiger charge is -2.11. The molecular formula is C14H16N6O. The molecule has 0 spiro atoms. The van der Waals surface area contributed by atoms with Gasteiger partial charge in [-0.05, 0) is 19.1 Å². The van der Waals surface area contributed by atoms with Crippen LogP contribution in [0.1, 0.15) is 5.56 Å². The van der Waals surface area contributed by atoms with Crippen molar-refractivity contribution in [3.63, 3.8) is 0 Å². The molecule has 0 aromatic carbocycles. The summed E-state index contributed by atoms with van der Waals surface area (Å²) in [6, 6.07) is 5.61. The zero-order valence-corrected chi connectivity index (χ0v) is 12.1. The maximum atomic E-state index is 5.24. The first-order chi connectivity index (χ1) is 10.2. The van der Waals surface area contributed by atoms with E-state index < -0.39 is 0 Å². The topological polar surface area (TPSA) is 76.4 Å². The van der Waals surface area contributed by atoms with Crippen molar-refractivity contribution in [2.24, 2.45) is 0 Å². The van der Waals surface area contributed by atoms with Crippen molar-refractivity contribution in [3.8, 4) is 5.88 Å². The maximum Gasteiger partial charge on any atom is 0.237 e. The Bertz CT molecular complexity index is 782. The number of pyridine rings is 1. The van der Waals surface area contributed by atoms with E-state index in [0.29, 0.717) is 11.7 Å². The molecule has 0 aliphatic rings. The summed E-state index contributed by atoms with van der Waals surface area (Å²) in [6.45, 7) is 1.98. The van der Waals surface area contributed by atoms with Gasteiger partial charge in [-0.3, -0.25) is 0 Å². The van der Waals surface area contributed by atoms with Crippen molar-refractivity contribution in [1.82, 2.24) is 19.6 Å². The molecule has 7 heteroatoms. The van der Waals surface area contributed by atoms with E-state index in [0.717, 1.165) is 22.7 Å². The normalized spacial score (nSPS) is 10.6. The van der Waals surface area contributed by atoms with E-state index in [1.54, 1.807) is 24.0 Å². The number of nitrogens with one attached hydrogen (secondary N) is 2. The van der Waals surface area contributed by atoms with E-state index in [9.17, 15) is 0 Å². The second-order valence-corrected chi connectivity index (χ2v) is 4.52. The van der Waals surface area contributed by atoms with E-state index in [1.807, 2.05) is 32.2 Å². The van der Waals surface area contributed by atoms with Crippen LogP contribution in [0.15, 0.2) is 30.6 Å². The molecule has 0 saturated heterocycles. The van der Waals surface area contributed by atoms with Crippen LogP contribution < -0.4 is 15.4 Å². The van der Waals surface area contributed by atoms with Crippen molar-refractivity contribution in [3.05, 3.63) is 36.2 Å². The van der Waals surface area contributed by atoms with E-state index in [2.05, 4.69) is 25.7 Å². The molecule has 3 rings (SSSR count). The minimum Gasteiger partial charge on any atom is -0.480 e. The average molecular weight is 284 g/mol. The second kappa shape index (κ2) is 5.28. The van der Waals surface area contributed by atoms with Gasteiger partial charge in [0.25, 0.3) is 0 Å². The molecular weight excluding hydrogens is 268 g/mol. The predicted molar refractivity (Wildman–Crippen MR) is 81.3 cm³/mol. The Labute approximate surface area is 122 Å². The first-order valence-corrected chi connectivity index (χ1v) is 6.52. The van der Waals surface area contributed by atoms with Gasteiger partial charge in [0.1, 0.15) is 17.3 Å². The number of methoxy groups -OCH3 is 1. The third-order valence-electron chi connectivity index (χ3n) is 3.13. The number of ether oxygens (including phenoxy) is 1. The molecule has 21 heavy (non-hydrogen) atoms. The van der Waals surface area contributed by atoms with Crippen LogP contribution in [0.4, 0.5) is 17.3 Å². The number of rotatable bonds is 4. The molecule has 3 aromatic rings. The number of aryl methyl sites for hydroxylation is 1. The minimum atomic E-state index is 0.524. The summed E-state index contributed by atoms with van der Waals surface area (Å²) >= 11 is 0. The van der Waals surface area contributed by atoms with Crippen LogP contribution in [0.25, 0.3) is 5.65 Å². The van der Waals surface area contributed by atoms with Crippen molar-refractivity contribution >= 4 is 23.0 Å². The van der Waals surface area contributed by atoms with E-state index >= 15 is 0 Å². The minimum absolute atomic E-state index is 0.524. The summed E-state index contributed by atoms with van der Waals surface area (Å²) in [5.74, 6) is 2.07. The van der Waals surface area contributed by atoms with Crippen LogP contribution in [0, 0.1) is 6.92 Å². The lowest BCUT2D eigenvalue weighted by molar-refractivity contribution is 0.400. The maximum absolute atomic E-state index is 5.24. The molecule has 0 fully saturated rings. The number of hydrogen-bond donors (Lipinski definition) is 2. The third-order valence-corrected chi connectivity index (χ3v) is 3.13. The monoisotopic (exact) mass is 284 g/mol. The SMILES string of the molecule is CNc1cc(Nc2cccnc2OC)nc2c(C)cnn12. The zero-order chi connectivity index (χ0) is 14.8. The lowest BCUT2D eigenvalue weighted by atomic mass is 10.3. The van der Waals surface area contributed by atoms with Gasteiger partial charge in [-0.1, -0.05) is 0 Å². The summed E-state index contributed by atoms with van der Waals surface area (Å²) in [6.07, 6.45) is 3.47. The molecule has 0 unspecified atom stereocenters. The first kappa shape index (κ1) is 13.2. The Morgan fingerprint density at radius 1 is 1.33 bits per heavy atom. The first-order valence-electron chi connectivity index (χ1n) is 6.52. The van der Waals surface area contributed by atoms with Gasteiger partial charge < -0.3 is 15.4 Å². The molecule has 3 aromatic heterocycles. The Kier molecular flexibility index (Phi) is 3.31. The van der Waals surface area contributed by atoms with Gasteiger partial charge >= 0.3 is 0 Å². The molecule has 0 aliphatic heterocycles. The fraction of sp³-hybridized carbons (Fsp3) is 0.214. The number of fused-ring (bicyclic) bond motifs is 1. The van der Waals surface area contributed by atoms with Gasteiger partial charge in [0.15, 0.2) is 5.65 Å². The molecule has 0 atom stereocenters. The molecule has 0 bridgehead atoms. The fourth-order valence-electron chi connectivity index (χ4n) is 2.10. The van der Waals surface area contributed by atoms with Crippen LogP contribution in [0.3, 0.4) is 0 Å². The Hall–Kier alpha value is -2.83. The molecule has 108 valence electrons. The molecule has 2 N–H and O–H groups in total. The molecule has 0 aliphatic carbocycles. The third kappa shape index (κ3) is 2.33. The number of aromatic nitrogens is 4. The largest absolute Gasteiger partial charge is 0.480 e. The highest BCUT2D eigenvalue weighted by atomic mass is 16.5. The van der Waals surface area contributed by atoms with Gasteiger partial charge in [-0.2, -0.15) is 9.61 Å². The van der Waals surface area contributed by atoms with Crippen LogP contribution in [-0.4, -0.2) is 33.7 Å². The number of hydrogen-bond acceptors (Lipinski definition) is 6. The zero-order valence-electron chi connectivity index (χ0n) is 12.1. The van der Waals surface area contributed by atoms with Gasteiger partial charge in [0.05, 0.1) is 13.3 Å². The highest BCUT2D eigenvalue weighted by Gasteiger charge is 2.10. The van der Waals surface area contributed by atoms with Crippen LogP contribution in [0.2, 0.25) is 0 Å². The van der Waals surface area contributed by atoms with E-state index in [-0.39, 0.29) is 0 Å². The average Bonchev–Trinajstić information content (AvgIpc) is 2.89. The van der Waals surface area contributed by atoms with E-state index in [4.69, 9.17) is 4.74 Å². The van der Waals surface area contributed by atoms with Crippen molar-refractivity contribution in [1.29, 1.82) is 0 Å². The van der Waals surface area contributed by atoms with Gasteiger partial charge in [-0.15, -0.1) is 0 Å². The Morgan fingerprint density at radius 2 is 2.19 bits per heavy atom. The summed E-state index contributed by atoms with van der Waals surface area (Å²) in [7, 11) is 3.44. The quantitative estimate of drug-likeness (QED) is 0.765. The highest BCUT2D eigenvalue weighted by Crippen LogP contribution is 2.26. The van der Waals surface area contributed by atoms with E-state index in [1.165, 1.54) is 0 Å². The van der Waals surface area contributed by atoms with Crippen LogP contribution >= 0.6 is 0 Å². The van der Waals surface area contributed by atoms with Gasteiger partial charge in [0.2, 0.25) is 5.88 Å². The summed E-state index contributed by atoms with van der Waals surface area (Å²) in [5.41, 5.74) is 2.57. The molecule has 0 amide bonds. The molecule has 0 radical (unpaired) electrons. The van der Waals surface area contributed by atoms with Crippen molar-refractivity contribution < 1.29 is 4.74 Å². The lowest BCUT2D eigenvalue weighted by Crippen LogP contribution is -2.04. The van der Waals surface area contributed by atoms with Crippen LogP contribution in [-0.2, 0) is 0 Å². The van der Waals surface area contributed by atoms with Gasteiger partial charge in [-0.25, -0.2) is 9.97 Å². The highest BCUT2D eigenvalue weighted by molar-refractivity contribution is 5.67. The van der Waals surface area contributed by atoms with Crippen molar-refractivity contribution in [2.75, 3.05) is 24.8 Å². The Morgan fingerprint density at radius 3 is 2.95 bits per heavy atom. The number of nitrogens with zero attached hydrogens (tertiary/aromatic N) is 4. The molecule has 3 heterocycles. The Balaban J connectivity index is 2.06. The smallest absolute Gasteiger partial charge is 0.237 e. The van der Waals surface area contributed by atoms with Crippen LogP contribution in [0.5, 0.6) is 5.88 Å². The fourth-order valence-corrected chi connectivity index (χ4v) is 2.10. The summed E-state index contributed by atoms with van der Waals surface area (Å²) < 4.78 is 7.00. The molecule has 7 nitrogen and oxygen atoms in total. The summed E-state index contributed by atoms with van der Waals surface area (Å²) in [5, 5.41) is 10.6. The number of anilines is 3. The molecule has 0 saturated carbocycles. The predicted octanol–water partition coefficient (Wildman–Crippen LogP) is 2.23. The summed E-state index contributed by atoms with van der Waals surface area (Å²) in [4.78, 5) is 8.74. The van der Waals surface area contributed by atoms with Crippen molar-refractivity contribution in [2.45, 2.75) is 6.92 Å². The standard InChI is InChI=1S/C14H16N6O/c1-9-8-17-20-12(15-2)7-11(19-13(9)20)18-10-5-4-6-16-14(10)21-3/h4-8,15H,1-3H3,(H,18,19). The van der Waals surface area contributed by atoms with Gasteiger partial charge in [0, 0.05) is 24.9 Å².